The average Bonchev–Trinajstić information content (AvgIpc) is 2.34. The van der Waals surface area contributed by atoms with Gasteiger partial charge in [0.15, 0.2) is 5.96 Å². The van der Waals surface area contributed by atoms with E-state index in [1.165, 1.54) is 0 Å². The van der Waals surface area contributed by atoms with Crippen molar-refractivity contribution < 1.29 is 13.2 Å². The van der Waals surface area contributed by atoms with Crippen LogP contribution in [0.2, 0.25) is 0 Å². The molecule has 0 fully saturated rings. The van der Waals surface area contributed by atoms with Crippen LogP contribution in [0, 0.1) is 0 Å². The van der Waals surface area contributed by atoms with Crippen LogP contribution in [0.1, 0.15) is 26.7 Å². The number of nitrogens with zero attached hydrogens (tertiary/aromatic N) is 2. The van der Waals surface area contributed by atoms with Crippen LogP contribution in [0.25, 0.3) is 0 Å². The highest BCUT2D eigenvalue weighted by Gasteiger charge is 2.26. The third kappa shape index (κ3) is 11.6. The van der Waals surface area contributed by atoms with Crippen molar-refractivity contribution in [2.45, 2.75) is 38.9 Å². The van der Waals surface area contributed by atoms with Gasteiger partial charge in [-0.3, -0.25) is 4.99 Å². The van der Waals surface area contributed by atoms with E-state index in [4.69, 9.17) is 0 Å². The molecular formula is C12H26F3IN4. The molecule has 0 aromatic carbocycles. The highest BCUT2D eigenvalue weighted by molar-refractivity contribution is 14.0. The zero-order valence-corrected chi connectivity index (χ0v) is 14.9. The van der Waals surface area contributed by atoms with Crippen molar-refractivity contribution in [3.05, 3.63) is 0 Å². The van der Waals surface area contributed by atoms with E-state index in [2.05, 4.69) is 34.4 Å². The lowest BCUT2D eigenvalue weighted by Crippen LogP contribution is -2.43. The Balaban J connectivity index is 0. The van der Waals surface area contributed by atoms with E-state index in [9.17, 15) is 13.2 Å². The average molecular weight is 410 g/mol. The van der Waals surface area contributed by atoms with Crippen LogP contribution in [-0.4, -0.2) is 56.8 Å². The standard InChI is InChI=1S/C12H25F3N4.HI/c1-5-10(2)19(4)9-8-18-11(16-3)17-7-6-12(13,14)15;/h10H,5-9H2,1-4H3,(H2,16,17,18);1H. The lowest BCUT2D eigenvalue weighted by molar-refractivity contribution is -0.132. The second-order valence-corrected chi connectivity index (χ2v) is 4.53. The van der Waals surface area contributed by atoms with Crippen LogP contribution < -0.4 is 10.6 Å². The molecule has 0 aliphatic rings. The lowest BCUT2D eigenvalue weighted by Gasteiger charge is -2.24. The van der Waals surface area contributed by atoms with E-state index in [0.717, 1.165) is 13.0 Å². The number of alkyl halides is 3. The SMILES string of the molecule is CCC(C)N(C)CCNC(=NC)NCCC(F)(F)F.I. The maximum atomic E-state index is 12.0. The zero-order chi connectivity index (χ0) is 14.9. The molecule has 0 aromatic rings. The number of hydrogen-bond donors (Lipinski definition) is 2. The van der Waals surface area contributed by atoms with Crippen molar-refractivity contribution in [3.63, 3.8) is 0 Å². The molecule has 0 saturated heterocycles. The van der Waals surface area contributed by atoms with Crippen LogP contribution in [0.15, 0.2) is 4.99 Å². The molecule has 0 amide bonds. The molecule has 0 radical (unpaired) electrons. The quantitative estimate of drug-likeness (QED) is 0.385. The summed E-state index contributed by atoms with van der Waals surface area (Å²) in [7, 11) is 3.57. The third-order valence-corrected chi connectivity index (χ3v) is 3.02. The Kier molecular flexibility index (Phi) is 12.6. The zero-order valence-electron chi connectivity index (χ0n) is 12.5. The molecule has 1 atom stereocenters. The first kappa shape index (κ1) is 22.0. The Morgan fingerprint density at radius 2 is 1.80 bits per heavy atom. The minimum Gasteiger partial charge on any atom is -0.356 e. The van der Waals surface area contributed by atoms with Gasteiger partial charge in [0.25, 0.3) is 0 Å². The molecule has 1 unspecified atom stereocenters. The van der Waals surface area contributed by atoms with E-state index in [1.54, 1.807) is 7.05 Å². The van der Waals surface area contributed by atoms with Crippen molar-refractivity contribution >= 4 is 29.9 Å². The maximum absolute atomic E-state index is 12.0. The van der Waals surface area contributed by atoms with Crippen LogP contribution in [0.5, 0.6) is 0 Å². The van der Waals surface area contributed by atoms with Crippen molar-refractivity contribution in [2.24, 2.45) is 4.99 Å². The number of nitrogens with one attached hydrogen (secondary N) is 2. The molecule has 2 N–H and O–H groups in total. The van der Waals surface area contributed by atoms with Crippen LogP contribution in [-0.2, 0) is 0 Å². The molecule has 122 valence electrons. The molecule has 0 heterocycles. The molecule has 0 spiro atoms. The Hall–Kier alpha value is -0.250. The second-order valence-electron chi connectivity index (χ2n) is 4.53. The number of likely N-dealkylation sites (N-methyl/N-ethyl adjacent to an activating group) is 1. The van der Waals surface area contributed by atoms with E-state index in [-0.39, 0.29) is 30.5 Å². The van der Waals surface area contributed by atoms with Crippen molar-refractivity contribution in [1.29, 1.82) is 0 Å². The van der Waals surface area contributed by atoms with Crippen LogP contribution in [0.3, 0.4) is 0 Å². The number of halogens is 4. The highest BCUT2D eigenvalue weighted by Crippen LogP contribution is 2.17. The second kappa shape index (κ2) is 11.4. The summed E-state index contributed by atoms with van der Waals surface area (Å²) >= 11 is 0. The number of aliphatic imine (C=N–C) groups is 1. The van der Waals surface area contributed by atoms with Gasteiger partial charge < -0.3 is 15.5 Å². The lowest BCUT2D eigenvalue weighted by atomic mass is 10.2. The van der Waals surface area contributed by atoms with Gasteiger partial charge in [0.2, 0.25) is 0 Å². The Morgan fingerprint density at radius 3 is 2.25 bits per heavy atom. The van der Waals surface area contributed by atoms with Gasteiger partial charge in [-0.1, -0.05) is 6.92 Å². The van der Waals surface area contributed by atoms with Crippen molar-refractivity contribution in [1.82, 2.24) is 15.5 Å². The Labute approximate surface area is 136 Å². The molecule has 4 nitrogen and oxygen atoms in total. The summed E-state index contributed by atoms with van der Waals surface area (Å²) in [4.78, 5) is 6.07. The monoisotopic (exact) mass is 410 g/mol. The molecule has 0 aromatic heterocycles. The van der Waals surface area contributed by atoms with E-state index in [1.807, 2.05) is 7.05 Å². The topological polar surface area (TPSA) is 39.7 Å². The molecule has 0 aliphatic heterocycles. The summed E-state index contributed by atoms with van der Waals surface area (Å²) in [5.74, 6) is 0.404. The van der Waals surface area contributed by atoms with Gasteiger partial charge in [-0.25, -0.2) is 0 Å². The highest BCUT2D eigenvalue weighted by atomic mass is 127. The summed E-state index contributed by atoms with van der Waals surface area (Å²) in [5, 5.41) is 5.64. The van der Waals surface area contributed by atoms with Crippen molar-refractivity contribution in [2.75, 3.05) is 33.7 Å². The van der Waals surface area contributed by atoms with E-state index >= 15 is 0 Å². The summed E-state index contributed by atoms with van der Waals surface area (Å²) in [6.45, 7) is 5.55. The molecule has 0 saturated carbocycles. The van der Waals surface area contributed by atoms with Gasteiger partial charge in [0.1, 0.15) is 0 Å². The van der Waals surface area contributed by atoms with Gasteiger partial charge in [0.05, 0.1) is 6.42 Å². The minimum atomic E-state index is -4.14. The fraction of sp³-hybridized carbons (Fsp3) is 0.917. The summed E-state index contributed by atoms with van der Waals surface area (Å²) < 4.78 is 36.0. The normalized spacial score (nSPS) is 13.9. The predicted octanol–water partition coefficient (Wildman–Crippen LogP) is 2.45. The predicted molar refractivity (Wildman–Crippen MR) is 87.8 cm³/mol. The summed E-state index contributed by atoms with van der Waals surface area (Å²) in [5.41, 5.74) is 0. The molecule has 20 heavy (non-hydrogen) atoms. The Morgan fingerprint density at radius 1 is 1.25 bits per heavy atom. The first-order chi connectivity index (χ1) is 8.80. The molecule has 0 rings (SSSR count). The minimum absolute atomic E-state index is 0. The molecular weight excluding hydrogens is 384 g/mol. The third-order valence-electron chi connectivity index (χ3n) is 3.02. The number of rotatable bonds is 7. The first-order valence-corrected chi connectivity index (χ1v) is 6.51. The van der Waals surface area contributed by atoms with E-state index < -0.39 is 12.6 Å². The number of hydrogen-bond acceptors (Lipinski definition) is 2. The van der Waals surface area contributed by atoms with Gasteiger partial charge in [-0.15, -0.1) is 24.0 Å². The largest absolute Gasteiger partial charge is 0.390 e. The summed E-state index contributed by atoms with van der Waals surface area (Å²) in [6.07, 6.45) is -3.93. The molecule has 8 heteroatoms. The molecule has 0 bridgehead atoms. The van der Waals surface area contributed by atoms with Crippen molar-refractivity contribution in [3.8, 4) is 0 Å². The fourth-order valence-corrected chi connectivity index (χ4v) is 1.43. The fourth-order valence-electron chi connectivity index (χ4n) is 1.43. The van der Waals surface area contributed by atoms with Gasteiger partial charge >= 0.3 is 6.18 Å². The van der Waals surface area contributed by atoms with Crippen LogP contribution >= 0.6 is 24.0 Å². The summed E-state index contributed by atoms with van der Waals surface area (Å²) in [6, 6.07) is 0.488. The molecule has 0 aliphatic carbocycles. The number of guanidine groups is 1. The maximum Gasteiger partial charge on any atom is 0.390 e. The van der Waals surface area contributed by atoms with E-state index in [0.29, 0.717) is 18.5 Å². The first-order valence-electron chi connectivity index (χ1n) is 6.51. The van der Waals surface area contributed by atoms with Gasteiger partial charge in [0, 0.05) is 32.7 Å². The Bertz CT molecular complexity index is 272. The van der Waals surface area contributed by atoms with Gasteiger partial charge in [-0.05, 0) is 20.4 Å². The van der Waals surface area contributed by atoms with Crippen LogP contribution in [0.4, 0.5) is 13.2 Å². The smallest absolute Gasteiger partial charge is 0.356 e. The van der Waals surface area contributed by atoms with Gasteiger partial charge in [-0.2, -0.15) is 13.2 Å².